The van der Waals surface area contributed by atoms with Crippen LogP contribution >= 0.6 is 0 Å². The smallest absolute Gasteiger partial charge is 0.329 e. The molecule has 0 unspecified atom stereocenters. The third kappa shape index (κ3) is 4.05. The van der Waals surface area contributed by atoms with Crippen LogP contribution in [0.25, 0.3) is 27.8 Å². The van der Waals surface area contributed by atoms with E-state index in [1.54, 1.807) is 6.08 Å². The maximum Gasteiger partial charge on any atom is 0.329 e. The van der Waals surface area contributed by atoms with Crippen LogP contribution in [0.1, 0.15) is 22.3 Å². The zero-order chi connectivity index (χ0) is 24.6. The first kappa shape index (κ1) is 21.9. The van der Waals surface area contributed by atoms with E-state index in [-0.39, 0.29) is 12.5 Å². The van der Waals surface area contributed by atoms with Crippen molar-refractivity contribution in [3.63, 3.8) is 0 Å². The number of rotatable bonds is 5. The Bertz CT molecular complexity index is 1660. The molecule has 5 aromatic rings. The van der Waals surface area contributed by atoms with Crippen molar-refractivity contribution in [2.45, 2.75) is 20.0 Å². The molecule has 0 spiro atoms. The van der Waals surface area contributed by atoms with Gasteiger partial charge in [0.2, 0.25) is 0 Å². The number of carbonyl (C=O) groups excluding carboxylic acids is 2. The lowest BCUT2D eigenvalue weighted by Crippen LogP contribution is -2.30. The molecule has 1 aliphatic heterocycles. The van der Waals surface area contributed by atoms with Crippen LogP contribution < -0.4 is 5.32 Å². The van der Waals surface area contributed by atoms with Crippen LogP contribution in [0.4, 0.5) is 4.79 Å². The van der Waals surface area contributed by atoms with Crippen molar-refractivity contribution in [3.05, 3.63) is 125 Å². The molecule has 36 heavy (non-hydrogen) atoms. The van der Waals surface area contributed by atoms with Gasteiger partial charge in [0.1, 0.15) is 5.70 Å². The lowest BCUT2D eigenvalue weighted by molar-refractivity contribution is -0.123. The number of aryl methyl sites for hydroxylation is 1. The van der Waals surface area contributed by atoms with Crippen LogP contribution in [0.3, 0.4) is 0 Å². The predicted octanol–water partition coefficient (Wildman–Crippen LogP) is 6.24. The summed E-state index contributed by atoms with van der Waals surface area (Å²) in [6, 6.07) is 30.4. The fourth-order valence-electron chi connectivity index (χ4n) is 4.80. The summed E-state index contributed by atoms with van der Waals surface area (Å²) in [7, 11) is 0. The number of benzene rings is 4. The predicted molar refractivity (Wildman–Crippen MR) is 143 cm³/mol. The number of imide groups is 1. The van der Waals surface area contributed by atoms with Gasteiger partial charge in [-0.15, -0.1) is 0 Å². The van der Waals surface area contributed by atoms with E-state index in [9.17, 15) is 9.59 Å². The maximum absolute atomic E-state index is 13.1. The molecule has 1 aromatic heterocycles. The molecule has 1 N–H and O–H groups in total. The average molecular weight is 472 g/mol. The van der Waals surface area contributed by atoms with E-state index in [1.807, 2.05) is 55.5 Å². The molecule has 5 heteroatoms. The molecule has 0 aliphatic carbocycles. The van der Waals surface area contributed by atoms with Crippen LogP contribution in [-0.2, 0) is 17.9 Å². The lowest BCUT2D eigenvalue weighted by Gasteiger charge is -2.11. The summed E-state index contributed by atoms with van der Waals surface area (Å²) in [6.07, 6.45) is 3.84. The molecule has 0 radical (unpaired) electrons. The van der Waals surface area contributed by atoms with Gasteiger partial charge in [-0.2, -0.15) is 0 Å². The minimum absolute atomic E-state index is 0.242. The number of carbonyl (C=O) groups is 2. The second-order valence-corrected chi connectivity index (χ2v) is 9.28. The highest BCUT2D eigenvalue weighted by atomic mass is 16.2. The number of fused-ring (bicyclic) bond motifs is 2. The van der Waals surface area contributed by atoms with Gasteiger partial charge >= 0.3 is 6.03 Å². The molecule has 176 valence electrons. The van der Waals surface area contributed by atoms with Crippen molar-refractivity contribution in [3.8, 4) is 0 Å². The fourth-order valence-corrected chi connectivity index (χ4v) is 4.80. The van der Waals surface area contributed by atoms with Crippen LogP contribution in [0.5, 0.6) is 0 Å². The second-order valence-electron chi connectivity index (χ2n) is 9.28. The topological polar surface area (TPSA) is 54.3 Å². The SMILES string of the molecule is Cc1ccc(CN2C(=O)N/C(=C/c3cn(Cc4ccc5ccccc5c4)c4ccccc34)C2=O)cc1. The summed E-state index contributed by atoms with van der Waals surface area (Å²) >= 11 is 0. The number of amides is 3. The maximum atomic E-state index is 13.1. The molecular formula is C31H25N3O2. The number of urea groups is 1. The van der Waals surface area contributed by atoms with Gasteiger partial charge in [-0.3, -0.25) is 9.69 Å². The zero-order valence-electron chi connectivity index (χ0n) is 19.9. The first-order valence-electron chi connectivity index (χ1n) is 12.0. The Morgan fingerprint density at radius 1 is 0.778 bits per heavy atom. The number of aromatic nitrogens is 1. The molecule has 1 saturated heterocycles. The Hall–Kier alpha value is -4.64. The van der Waals surface area contributed by atoms with Crippen molar-refractivity contribution in [2.24, 2.45) is 0 Å². The summed E-state index contributed by atoms with van der Waals surface area (Å²) in [6.45, 7) is 2.95. The van der Waals surface area contributed by atoms with E-state index >= 15 is 0 Å². The Kier molecular flexibility index (Phi) is 5.38. The van der Waals surface area contributed by atoms with Crippen LogP contribution in [0, 0.1) is 6.92 Å². The van der Waals surface area contributed by atoms with Gasteiger partial charge in [-0.1, -0.05) is 84.4 Å². The fraction of sp³-hybridized carbons (Fsp3) is 0.0968. The standard InChI is InChI=1S/C31H25N3O2/c1-21-10-12-22(13-11-21)19-34-30(35)28(32-31(34)36)17-26-20-33(29-9-5-4-8-27(26)29)18-23-14-15-24-6-2-3-7-25(24)16-23/h2-17,20H,18-19H2,1H3,(H,32,36)/b28-17+. The van der Waals surface area contributed by atoms with E-state index in [0.29, 0.717) is 12.2 Å². The summed E-state index contributed by atoms with van der Waals surface area (Å²) < 4.78 is 2.19. The van der Waals surface area contributed by atoms with Crippen molar-refractivity contribution in [2.75, 3.05) is 0 Å². The monoisotopic (exact) mass is 471 g/mol. The van der Waals surface area contributed by atoms with E-state index in [0.717, 1.165) is 27.6 Å². The first-order valence-corrected chi connectivity index (χ1v) is 12.0. The molecule has 1 fully saturated rings. The van der Waals surface area contributed by atoms with Gasteiger partial charge in [0.25, 0.3) is 5.91 Å². The Balaban J connectivity index is 1.31. The highest BCUT2D eigenvalue weighted by Crippen LogP contribution is 2.27. The molecule has 3 amide bonds. The molecule has 4 aromatic carbocycles. The van der Waals surface area contributed by atoms with Crippen LogP contribution in [-0.4, -0.2) is 21.4 Å². The number of para-hydroxylation sites is 1. The van der Waals surface area contributed by atoms with Crippen molar-refractivity contribution >= 4 is 39.7 Å². The quantitative estimate of drug-likeness (QED) is 0.244. The average Bonchev–Trinajstić information content (AvgIpc) is 3.37. The highest BCUT2D eigenvalue weighted by Gasteiger charge is 2.33. The third-order valence-corrected chi connectivity index (χ3v) is 6.71. The summed E-state index contributed by atoms with van der Waals surface area (Å²) in [5.74, 6) is -0.313. The van der Waals surface area contributed by atoms with Crippen LogP contribution in [0.2, 0.25) is 0 Å². The van der Waals surface area contributed by atoms with Crippen molar-refractivity contribution in [1.29, 1.82) is 0 Å². The molecule has 0 saturated carbocycles. The van der Waals surface area contributed by atoms with E-state index in [1.165, 1.54) is 21.2 Å². The Morgan fingerprint density at radius 3 is 2.33 bits per heavy atom. The molecule has 6 rings (SSSR count). The molecule has 1 aliphatic rings. The summed E-state index contributed by atoms with van der Waals surface area (Å²) in [5.41, 5.74) is 5.51. The summed E-state index contributed by atoms with van der Waals surface area (Å²) in [5, 5.41) is 6.23. The van der Waals surface area contributed by atoms with Gasteiger partial charge in [-0.25, -0.2) is 4.79 Å². The molecule has 2 heterocycles. The Morgan fingerprint density at radius 2 is 1.50 bits per heavy atom. The van der Waals surface area contributed by atoms with Crippen LogP contribution in [0.15, 0.2) is 103 Å². The third-order valence-electron chi connectivity index (χ3n) is 6.71. The highest BCUT2D eigenvalue weighted by molar-refractivity contribution is 6.14. The lowest BCUT2D eigenvalue weighted by atomic mass is 10.1. The number of hydrogen-bond donors (Lipinski definition) is 1. The minimum Gasteiger partial charge on any atom is -0.342 e. The second kappa shape index (κ2) is 8.86. The van der Waals surface area contributed by atoms with E-state index < -0.39 is 6.03 Å². The molecular weight excluding hydrogens is 446 g/mol. The van der Waals surface area contributed by atoms with Gasteiger partial charge in [0, 0.05) is 29.2 Å². The molecule has 0 atom stereocenters. The van der Waals surface area contributed by atoms with E-state index in [2.05, 4.69) is 58.5 Å². The molecule has 0 bridgehead atoms. The zero-order valence-corrected chi connectivity index (χ0v) is 19.9. The van der Waals surface area contributed by atoms with Gasteiger partial charge in [0.05, 0.1) is 6.54 Å². The number of hydrogen-bond acceptors (Lipinski definition) is 2. The minimum atomic E-state index is -0.397. The molecule has 5 nitrogen and oxygen atoms in total. The first-order chi connectivity index (χ1) is 17.5. The summed E-state index contributed by atoms with van der Waals surface area (Å²) in [4.78, 5) is 27.0. The number of nitrogens with one attached hydrogen (secondary N) is 1. The number of nitrogens with zero attached hydrogens (tertiary/aromatic N) is 2. The Labute approximate surface area is 209 Å². The van der Waals surface area contributed by atoms with Gasteiger partial charge < -0.3 is 9.88 Å². The van der Waals surface area contributed by atoms with E-state index in [4.69, 9.17) is 0 Å². The van der Waals surface area contributed by atoms with Crippen molar-refractivity contribution < 1.29 is 9.59 Å². The van der Waals surface area contributed by atoms with Crippen molar-refractivity contribution in [1.82, 2.24) is 14.8 Å². The normalized spacial score (nSPS) is 14.8. The van der Waals surface area contributed by atoms with Gasteiger partial charge in [-0.05, 0) is 47.0 Å². The largest absolute Gasteiger partial charge is 0.342 e. The van der Waals surface area contributed by atoms with Gasteiger partial charge in [0.15, 0.2) is 0 Å².